The Bertz CT molecular complexity index is 804. The lowest BCUT2D eigenvalue weighted by atomic mass is 10.2. The van der Waals surface area contributed by atoms with E-state index in [1.54, 1.807) is 31.3 Å². The highest BCUT2D eigenvalue weighted by Crippen LogP contribution is 2.21. The standard InChI is InChI=1S/C18H23N3O4/c1-24-11-13-9-14(25-2)10-21(13)17(22)7-8-20-12-19-16-6-4-3-5-15(16)18(20)23/h3-6,12-14H,7-11H2,1-2H3/t13-,14-/m0/s1. The van der Waals surface area contributed by atoms with Gasteiger partial charge in [0.25, 0.3) is 5.56 Å². The number of carbonyl (C=O) groups is 1. The Morgan fingerprint density at radius 3 is 2.88 bits per heavy atom. The van der Waals surface area contributed by atoms with E-state index in [-0.39, 0.29) is 30.0 Å². The Balaban J connectivity index is 1.69. The first-order valence-corrected chi connectivity index (χ1v) is 8.39. The third kappa shape index (κ3) is 3.72. The summed E-state index contributed by atoms with van der Waals surface area (Å²) in [6.07, 6.45) is 2.56. The van der Waals surface area contributed by atoms with Gasteiger partial charge in [0.2, 0.25) is 5.91 Å². The Kier molecular flexibility index (Phi) is 5.45. The summed E-state index contributed by atoms with van der Waals surface area (Å²) in [5.74, 6) is 0.00154. The van der Waals surface area contributed by atoms with E-state index >= 15 is 0 Å². The molecule has 7 nitrogen and oxygen atoms in total. The van der Waals surface area contributed by atoms with Crippen molar-refractivity contribution >= 4 is 16.8 Å². The average molecular weight is 345 g/mol. The van der Waals surface area contributed by atoms with Gasteiger partial charge in [-0.25, -0.2) is 4.98 Å². The molecule has 1 saturated heterocycles. The number of amides is 1. The van der Waals surface area contributed by atoms with Crippen LogP contribution in [0.15, 0.2) is 35.4 Å². The summed E-state index contributed by atoms with van der Waals surface area (Å²) in [7, 11) is 3.28. The van der Waals surface area contributed by atoms with Crippen LogP contribution in [-0.2, 0) is 20.8 Å². The number of hydrogen-bond acceptors (Lipinski definition) is 5. The molecular weight excluding hydrogens is 322 g/mol. The average Bonchev–Trinajstić information content (AvgIpc) is 3.05. The molecule has 1 aliphatic rings. The number of hydrogen-bond donors (Lipinski definition) is 0. The Morgan fingerprint density at radius 1 is 1.32 bits per heavy atom. The maximum absolute atomic E-state index is 12.6. The van der Waals surface area contributed by atoms with E-state index < -0.39 is 0 Å². The molecule has 1 amide bonds. The lowest BCUT2D eigenvalue weighted by molar-refractivity contribution is -0.133. The molecule has 1 aliphatic heterocycles. The van der Waals surface area contributed by atoms with E-state index in [2.05, 4.69) is 4.98 Å². The number of ether oxygens (including phenoxy) is 2. The number of fused-ring (bicyclic) bond motifs is 1. The zero-order valence-corrected chi connectivity index (χ0v) is 14.6. The van der Waals surface area contributed by atoms with Crippen LogP contribution in [0, 0.1) is 0 Å². The molecule has 134 valence electrons. The van der Waals surface area contributed by atoms with E-state index in [9.17, 15) is 9.59 Å². The molecule has 3 rings (SSSR count). The second-order valence-corrected chi connectivity index (χ2v) is 6.26. The first-order chi connectivity index (χ1) is 12.1. The molecule has 1 aromatic heterocycles. The Labute approximate surface area is 146 Å². The molecule has 0 aliphatic carbocycles. The first-order valence-electron chi connectivity index (χ1n) is 8.39. The third-order valence-electron chi connectivity index (χ3n) is 4.69. The third-order valence-corrected chi connectivity index (χ3v) is 4.69. The molecule has 0 N–H and O–H groups in total. The second-order valence-electron chi connectivity index (χ2n) is 6.26. The number of rotatable bonds is 6. The van der Waals surface area contributed by atoms with Gasteiger partial charge in [-0.2, -0.15) is 0 Å². The molecule has 1 fully saturated rings. The van der Waals surface area contributed by atoms with Gasteiger partial charge in [0.15, 0.2) is 0 Å². The zero-order chi connectivity index (χ0) is 17.8. The normalized spacial score (nSPS) is 20.3. The van der Waals surface area contributed by atoms with Gasteiger partial charge in [0.1, 0.15) is 0 Å². The smallest absolute Gasteiger partial charge is 0.261 e. The van der Waals surface area contributed by atoms with Crippen LogP contribution in [0.5, 0.6) is 0 Å². The minimum absolute atomic E-state index is 0.00154. The second kappa shape index (κ2) is 7.76. The van der Waals surface area contributed by atoms with Crippen molar-refractivity contribution in [2.45, 2.75) is 31.5 Å². The van der Waals surface area contributed by atoms with Gasteiger partial charge in [-0.3, -0.25) is 14.2 Å². The number of carbonyl (C=O) groups excluding carboxylic acids is 1. The van der Waals surface area contributed by atoms with Crippen molar-refractivity contribution < 1.29 is 14.3 Å². The SMILES string of the molecule is COC[C@@H]1C[C@H](OC)CN1C(=O)CCn1cnc2ccccc2c1=O. The predicted molar refractivity (Wildman–Crippen MR) is 93.4 cm³/mol. The highest BCUT2D eigenvalue weighted by Gasteiger charge is 2.34. The number of para-hydroxylation sites is 1. The van der Waals surface area contributed by atoms with Crippen LogP contribution in [0.25, 0.3) is 10.9 Å². The molecule has 7 heteroatoms. The highest BCUT2D eigenvalue weighted by molar-refractivity contribution is 5.78. The van der Waals surface area contributed by atoms with E-state index in [0.29, 0.717) is 30.6 Å². The molecule has 1 aromatic carbocycles. The van der Waals surface area contributed by atoms with Crippen molar-refractivity contribution in [1.82, 2.24) is 14.5 Å². The summed E-state index contributed by atoms with van der Waals surface area (Å²) in [5.41, 5.74) is 0.542. The van der Waals surface area contributed by atoms with Crippen molar-refractivity contribution in [3.05, 3.63) is 40.9 Å². The summed E-state index contributed by atoms with van der Waals surface area (Å²) < 4.78 is 12.1. The Morgan fingerprint density at radius 2 is 2.12 bits per heavy atom. The molecule has 0 radical (unpaired) electrons. The maximum atomic E-state index is 12.6. The number of likely N-dealkylation sites (tertiary alicyclic amines) is 1. The van der Waals surface area contributed by atoms with Crippen LogP contribution in [-0.4, -0.2) is 59.9 Å². The molecule has 2 atom stereocenters. The minimum Gasteiger partial charge on any atom is -0.383 e. The monoisotopic (exact) mass is 345 g/mol. The topological polar surface area (TPSA) is 73.7 Å². The molecule has 0 saturated carbocycles. The largest absolute Gasteiger partial charge is 0.383 e. The number of benzene rings is 1. The van der Waals surface area contributed by atoms with Gasteiger partial charge in [-0.15, -0.1) is 0 Å². The zero-order valence-electron chi connectivity index (χ0n) is 14.6. The van der Waals surface area contributed by atoms with Crippen LogP contribution in [0.4, 0.5) is 0 Å². The summed E-state index contributed by atoms with van der Waals surface area (Å²) in [6, 6.07) is 7.23. The van der Waals surface area contributed by atoms with Crippen LogP contribution in [0.2, 0.25) is 0 Å². The van der Waals surface area contributed by atoms with Gasteiger partial charge in [0, 0.05) is 33.7 Å². The summed E-state index contributed by atoms with van der Waals surface area (Å²) in [5, 5.41) is 0.565. The number of methoxy groups -OCH3 is 2. The van der Waals surface area contributed by atoms with Crippen molar-refractivity contribution in [1.29, 1.82) is 0 Å². The van der Waals surface area contributed by atoms with Crippen LogP contribution in [0.1, 0.15) is 12.8 Å². The molecule has 2 heterocycles. The fourth-order valence-corrected chi connectivity index (χ4v) is 3.33. The van der Waals surface area contributed by atoms with E-state index in [4.69, 9.17) is 9.47 Å². The van der Waals surface area contributed by atoms with Crippen molar-refractivity contribution in [3.63, 3.8) is 0 Å². The summed E-state index contributed by atoms with van der Waals surface area (Å²) in [6.45, 7) is 1.36. The number of nitrogens with zero attached hydrogens (tertiary/aromatic N) is 3. The summed E-state index contributed by atoms with van der Waals surface area (Å²) in [4.78, 5) is 31.2. The highest BCUT2D eigenvalue weighted by atomic mass is 16.5. The van der Waals surface area contributed by atoms with Crippen molar-refractivity contribution in [3.8, 4) is 0 Å². The van der Waals surface area contributed by atoms with Crippen LogP contribution >= 0.6 is 0 Å². The number of aromatic nitrogens is 2. The molecule has 0 bridgehead atoms. The predicted octanol–water partition coefficient (Wildman–Crippen LogP) is 1.05. The van der Waals surface area contributed by atoms with Crippen LogP contribution in [0.3, 0.4) is 0 Å². The number of aryl methyl sites for hydroxylation is 1. The minimum atomic E-state index is -0.122. The molecule has 25 heavy (non-hydrogen) atoms. The van der Waals surface area contributed by atoms with Gasteiger partial charge in [-0.1, -0.05) is 12.1 Å². The quantitative estimate of drug-likeness (QED) is 0.782. The Hall–Kier alpha value is -2.25. The maximum Gasteiger partial charge on any atom is 0.261 e. The lowest BCUT2D eigenvalue weighted by Crippen LogP contribution is -2.39. The molecular formula is C18H23N3O4. The van der Waals surface area contributed by atoms with Gasteiger partial charge in [0.05, 0.1) is 36.0 Å². The van der Waals surface area contributed by atoms with E-state index in [1.807, 2.05) is 12.1 Å². The first kappa shape index (κ1) is 17.6. The molecule has 0 spiro atoms. The van der Waals surface area contributed by atoms with Crippen molar-refractivity contribution in [2.24, 2.45) is 0 Å². The van der Waals surface area contributed by atoms with Crippen molar-refractivity contribution in [2.75, 3.05) is 27.4 Å². The van der Waals surface area contributed by atoms with Gasteiger partial charge in [-0.05, 0) is 18.6 Å². The van der Waals surface area contributed by atoms with Crippen LogP contribution < -0.4 is 5.56 Å². The van der Waals surface area contributed by atoms with Gasteiger partial charge < -0.3 is 14.4 Å². The van der Waals surface area contributed by atoms with Gasteiger partial charge >= 0.3 is 0 Å². The molecule has 2 aromatic rings. The lowest BCUT2D eigenvalue weighted by Gasteiger charge is -2.24. The summed E-state index contributed by atoms with van der Waals surface area (Å²) >= 11 is 0. The van der Waals surface area contributed by atoms with E-state index in [0.717, 1.165) is 6.42 Å². The fraction of sp³-hybridized carbons (Fsp3) is 0.500. The fourth-order valence-electron chi connectivity index (χ4n) is 3.33. The van der Waals surface area contributed by atoms with E-state index in [1.165, 1.54) is 10.9 Å². The molecule has 0 unspecified atom stereocenters.